The van der Waals surface area contributed by atoms with E-state index >= 15 is 0 Å². The van der Waals surface area contributed by atoms with Gasteiger partial charge in [-0.2, -0.15) is 0 Å². The van der Waals surface area contributed by atoms with Crippen LogP contribution in [0.5, 0.6) is 0 Å². The number of nitrogens with zero attached hydrogens (tertiary/aromatic N) is 2. The van der Waals surface area contributed by atoms with Crippen LogP contribution in [-0.2, 0) is 13.1 Å². The van der Waals surface area contributed by atoms with E-state index < -0.39 is 0 Å². The molecule has 1 N–H and O–H groups in total. The molecule has 0 bridgehead atoms. The van der Waals surface area contributed by atoms with E-state index in [1.807, 2.05) is 0 Å². The number of hydrogen-bond donors (Lipinski definition) is 1. The minimum absolute atomic E-state index is 0.524. The molecule has 0 aromatic heterocycles. The standard InChI is InChI=1S/C17H28BrN3/c1-13(2)19-10-14-5-6-15(17(18)9-14)11-21-8-7-16(12-21)20(3)4/h5-6,9,13,16,19H,7-8,10-12H2,1-4H3. The zero-order chi connectivity index (χ0) is 15.4. The number of rotatable bonds is 6. The van der Waals surface area contributed by atoms with Gasteiger partial charge in [0.25, 0.3) is 0 Å². The molecule has 1 heterocycles. The van der Waals surface area contributed by atoms with Gasteiger partial charge in [0.05, 0.1) is 0 Å². The molecule has 1 saturated heterocycles. The summed E-state index contributed by atoms with van der Waals surface area (Å²) in [5.74, 6) is 0. The number of hydrogen-bond acceptors (Lipinski definition) is 3. The molecule has 3 nitrogen and oxygen atoms in total. The van der Waals surface area contributed by atoms with E-state index in [0.29, 0.717) is 12.1 Å². The predicted octanol–water partition coefficient (Wildman–Crippen LogP) is 3.08. The Morgan fingerprint density at radius 3 is 2.71 bits per heavy atom. The zero-order valence-corrected chi connectivity index (χ0v) is 15.3. The van der Waals surface area contributed by atoms with Gasteiger partial charge in [-0.25, -0.2) is 0 Å². The van der Waals surface area contributed by atoms with Gasteiger partial charge < -0.3 is 10.2 Å². The Kier molecular flexibility index (Phi) is 6.23. The van der Waals surface area contributed by atoms with Gasteiger partial charge in [0.15, 0.2) is 0 Å². The van der Waals surface area contributed by atoms with Gasteiger partial charge in [-0.05, 0) is 37.7 Å². The minimum atomic E-state index is 0.524. The fraction of sp³-hybridized carbons (Fsp3) is 0.647. The lowest BCUT2D eigenvalue weighted by molar-refractivity contribution is 0.264. The summed E-state index contributed by atoms with van der Waals surface area (Å²) in [6.07, 6.45) is 1.28. The number of nitrogens with one attached hydrogen (secondary N) is 1. The Bertz CT molecular complexity index is 459. The van der Waals surface area contributed by atoms with Crippen LogP contribution >= 0.6 is 15.9 Å². The number of benzene rings is 1. The highest BCUT2D eigenvalue weighted by Gasteiger charge is 2.24. The summed E-state index contributed by atoms with van der Waals surface area (Å²) in [4.78, 5) is 4.90. The quantitative estimate of drug-likeness (QED) is 0.847. The summed E-state index contributed by atoms with van der Waals surface area (Å²) < 4.78 is 1.24. The predicted molar refractivity (Wildman–Crippen MR) is 93.5 cm³/mol. The minimum Gasteiger partial charge on any atom is -0.310 e. The maximum atomic E-state index is 3.74. The van der Waals surface area contributed by atoms with Gasteiger partial charge in [-0.3, -0.25) is 4.90 Å². The summed E-state index contributed by atoms with van der Waals surface area (Å²) in [6, 6.07) is 8.00. The molecule has 0 spiro atoms. The third-order valence-electron chi connectivity index (χ3n) is 4.20. The van der Waals surface area contributed by atoms with Crippen LogP contribution in [0.2, 0.25) is 0 Å². The maximum absolute atomic E-state index is 3.74. The van der Waals surface area contributed by atoms with Crippen molar-refractivity contribution in [2.24, 2.45) is 0 Å². The van der Waals surface area contributed by atoms with Gasteiger partial charge in [-0.1, -0.05) is 41.9 Å². The van der Waals surface area contributed by atoms with Crippen molar-refractivity contribution in [3.63, 3.8) is 0 Å². The first-order valence-corrected chi connectivity index (χ1v) is 8.64. The number of likely N-dealkylation sites (N-methyl/N-ethyl adjacent to an activating group) is 1. The second-order valence-corrected chi connectivity index (χ2v) is 7.46. The molecular formula is C17H28BrN3. The van der Waals surface area contributed by atoms with E-state index in [0.717, 1.165) is 13.1 Å². The largest absolute Gasteiger partial charge is 0.310 e. The lowest BCUT2D eigenvalue weighted by atomic mass is 10.1. The monoisotopic (exact) mass is 353 g/mol. The highest BCUT2D eigenvalue weighted by atomic mass is 79.9. The van der Waals surface area contributed by atoms with Crippen molar-refractivity contribution in [3.8, 4) is 0 Å². The van der Waals surface area contributed by atoms with Gasteiger partial charge in [-0.15, -0.1) is 0 Å². The first kappa shape index (κ1) is 16.9. The van der Waals surface area contributed by atoms with E-state index in [1.54, 1.807) is 0 Å². The third-order valence-corrected chi connectivity index (χ3v) is 4.94. The van der Waals surface area contributed by atoms with Gasteiger partial charge in [0.1, 0.15) is 0 Å². The molecule has 21 heavy (non-hydrogen) atoms. The Morgan fingerprint density at radius 1 is 1.38 bits per heavy atom. The molecule has 1 atom stereocenters. The van der Waals surface area contributed by atoms with Crippen LogP contribution in [0.25, 0.3) is 0 Å². The molecule has 0 radical (unpaired) electrons. The van der Waals surface area contributed by atoms with Crippen molar-refractivity contribution in [1.82, 2.24) is 15.1 Å². The second kappa shape index (κ2) is 7.73. The summed E-state index contributed by atoms with van der Waals surface area (Å²) >= 11 is 3.74. The first-order chi connectivity index (χ1) is 9.95. The van der Waals surface area contributed by atoms with Gasteiger partial charge >= 0.3 is 0 Å². The van der Waals surface area contributed by atoms with Crippen LogP contribution in [0.3, 0.4) is 0 Å². The average Bonchev–Trinajstić information content (AvgIpc) is 2.88. The smallest absolute Gasteiger partial charge is 0.0245 e. The van der Waals surface area contributed by atoms with Crippen LogP contribution < -0.4 is 5.32 Å². The molecule has 4 heteroatoms. The summed E-state index contributed by atoms with van der Waals surface area (Å²) in [5.41, 5.74) is 2.73. The summed E-state index contributed by atoms with van der Waals surface area (Å²) in [5, 5.41) is 3.46. The highest BCUT2D eigenvalue weighted by Crippen LogP contribution is 2.23. The summed E-state index contributed by atoms with van der Waals surface area (Å²) in [7, 11) is 4.36. The van der Waals surface area contributed by atoms with Crippen molar-refractivity contribution in [2.45, 2.75) is 45.4 Å². The van der Waals surface area contributed by atoms with Crippen LogP contribution in [0.1, 0.15) is 31.4 Å². The Morgan fingerprint density at radius 2 is 2.14 bits per heavy atom. The molecule has 1 aliphatic heterocycles. The molecule has 0 saturated carbocycles. The molecule has 2 rings (SSSR count). The van der Waals surface area contributed by atoms with Gasteiger partial charge in [0.2, 0.25) is 0 Å². The average molecular weight is 354 g/mol. The molecule has 1 aromatic carbocycles. The molecule has 1 aromatic rings. The topological polar surface area (TPSA) is 18.5 Å². The van der Waals surface area contributed by atoms with E-state index in [9.17, 15) is 0 Å². The van der Waals surface area contributed by atoms with Crippen LogP contribution in [0, 0.1) is 0 Å². The van der Waals surface area contributed by atoms with Crippen molar-refractivity contribution >= 4 is 15.9 Å². The van der Waals surface area contributed by atoms with Crippen LogP contribution in [0.4, 0.5) is 0 Å². The van der Waals surface area contributed by atoms with Crippen molar-refractivity contribution in [1.29, 1.82) is 0 Å². The van der Waals surface area contributed by atoms with Crippen molar-refractivity contribution in [3.05, 3.63) is 33.8 Å². The van der Waals surface area contributed by atoms with Crippen molar-refractivity contribution < 1.29 is 0 Å². The second-order valence-electron chi connectivity index (χ2n) is 6.60. The Balaban J connectivity index is 1.92. The molecular weight excluding hydrogens is 326 g/mol. The van der Waals surface area contributed by atoms with E-state index in [1.165, 1.54) is 35.1 Å². The molecule has 0 aliphatic carbocycles. The number of likely N-dealkylation sites (tertiary alicyclic amines) is 1. The lowest BCUT2D eigenvalue weighted by Crippen LogP contribution is -2.31. The molecule has 118 valence electrons. The third kappa shape index (κ3) is 5.06. The van der Waals surface area contributed by atoms with E-state index in [-0.39, 0.29) is 0 Å². The summed E-state index contributed by atoms with van der Waals surface area (Å²) in [6.45, 7) is 8.71. The normalized spacial score (nSPS) is 19.9. The fourth-order valence-electron chi connectivity index (χ4n) is 2.77. The van der Waals surface area contributed by atoms with Gasteiger partial charge in [0, 0.05) is 42.7 Å². The zero-order valence-electron chi connectivity index (χ0n) is 13.7. The van der Waals surface area contributed by atoms with Crippen molar-refractivity contribution in [2.75, 3.05) is 27.2 Å². The lowest BCUT2D eigenvalue weighted by Gasteiger charge is -2.21. The SMILES string of the molecule is CC(C)NCc1ccc(CN2CCC(N(C)C)C2)c(Br)c1. The Hall–Kier alpha value is -0.420. The van der Waals surface area contributed by atoms with E-state index in [4.69, 9.17) is 0 Å². The maximum Gasteiger partial charge on any atom is 0.0245 e. The van der Waals surface area contributed by atoms with Crippen LogP contribution in [-0.4, -0.2) is 49.1 Å². The number of halogens is 1. The fourth-order valence-corrected chi connectivity index (χ4v) is 3.32. The molecule has 1 aliphatic rings. The molecule has 1 fully saturated rings. The highest BCUT2D eigenvalue weighted by molar-refractivity contribution is 9.10. The van der Waals surface area contributed by atoms with Crippen LogP contribution in [0.15, 0.2) is 22.7 Å². The Labute approximate surface area is 137 Å². The van der Waals surface area contributed by atoms with E-state index in [2.05, 4.69) is 77.2 Å². The molecule has 1 unspecified atom stereocenters. The molecule has 0 amide bonds. The first-order valence-electron chi connectivity index (χ1n) is 7.85.